The van der Waals surface area contributed by atoms with E-state index >= 15 is 0 Å². The Labute approximate surface area is 245 Å². The molecule has 0 aliphatic rings. The maximum absolute atomic E-state index is 12.6. The fourth-order valence-corrected chi connectivity index (χ4v) is 4.38. The van der Waals surface area contributed by atoms with Crippen LogP contribution in [-0.4, -0.2) is 37.0 Å². The standard InChI is InChI=1S/C34H34N2O6/c37-31(17-19-33(39)41-23-21-25-9-3-1-4-10-25)35-29-15-7-14-28-27(29)13-8-16-30(28)36-32(38)18-20-34(40)42-24-22-26-11-5-2-6-12-26/h1-16H,17-24H2,(H,35,37)(H,36,38). The summed E-state index contributed by atoms with van der Waals surface area (Å²) in [6.07, 6.45) is 1.15. The number of carbonyl (C=O) groups excluding carboxylic acids is 4. The van der Waals surface area contributed by atoms with Crippen LogP contribution in [0.4, 0.5) is 11.4 Å². The maximum atomic E-state index is 12.6. The van der Waals surface area contributed by atoms with Gasteiger partial charge in [-0.25, -0.2) is 0 Å². The van der Waals surface area contributed by atoms with E-state index in [-0.39, 0.29) is 50.7 Å². The highest BCUT2D eigenvalue weighted by Crippen LogP contribution is 2.29. The van der Waals surface area contributed by atoms with Crippen LogP contribution in [0.5, 0.6) is 0 Å². The van der Waals surface area contributed by atoms with Gasteiger partial charge in [0.15, 0.2) is 0 Å². The summed E-state index contributed by atoms with van der Waals surface area (Å²) in [4.78, 5) is 49.4. The van der Waals surface area contributed by atoms with Crippen LogP contribution in [0.1, 0.15) is 36.8 Å². The van der Waals surface area contributed by atoms with Crippen molar-refractivity contribution < 1.29 is 28.7 Å². The Hall–Kier alpha value is -4.98. The molecule has 8 nitrogen and oxygen atoms in total. The van der Waals surface area contributed by atoms with E-state index in [1.807, 2.05) is 72.8 Å². The third-order valence-corrected chi connectivity index (χ3v) is 6.58. The molecule has 0 spiro atoms. The number of rotatable bonds is 14. The van der Waals surface area contributed by atoms with Crippen molar-refractivity contribution in [2.75, 3.05) is 23.8 Å². The van der Waals surface area contributed by atoms with Gasteiger partial charge in [-0.15, -0.1) is 0 Å². The lowest BCUT2D eigenvalue weighted by Gasteiger charge is -2.13. The molecular weight excluding hydrogens is 532 g/mol. The number of hydrogen-bond acceptors (Lipinski definition) is 6. The molecular formula is C34H34N2O6. The molecule has 0 saturated heterocycles. The van der Waals surface area contributed by atoms with E-state index in [9.17, 15) is 19.2 Å². The molecule has 0 unspecified atom stereocenters. The Bertz CT molecular complexity index is 1390. The molecule has 0 fully saturated rings. The minimum atomic E-state index is -0.427. The summed E-state index contributed by atoms with van der Waals surface area (Å²) >= 11 is 0. The second kappa shape index (κ2) is 15.7. The number of amides is 2. The zero-order chi connectivity index (χ0) is 29.6. The van der Waals surface area contributed by atoms with Crippen molar-refractivity contribution in [2.24, 2.45) is 0 Å². The van der Waals surface area contributed by atoms with Crippen molar-refractivity contribution in [1.29, 1.82) is 0 Å². The number of nitrogens with one attached hydrogen (secondary N) is 2. The second-order valence-electron chi connectivity index (χ2n) is 9.71. The van der Waals surface area contributed by atoms with Gasteiger partial charge in [-0.3, -0.25) is 19.2 Å². The molecule has 4 rings (SSSR count). The quantitative estimate of drug-likeness (QED) is 0.185. The van der Waals surface area contributed by atoms with E-state index < -0.39 is 11.9 Å². The van der Waals surface area contributed by atoms with Crippen molar-refractivity contribution in [3.8, 4) is 0 Å². The Morgan fingerprint density at radius 3 is 1.29 bits per heavy atom. The van der Waals surface area contributed by atoms with Crippen molar-refractivity contribution in [2.45, 2.75) is 38.5 Å². The summed E-state index contributed by atoms with van der Waals surface area (Å²) in [6, 6.07) is 30.2. The average Bonchev–Trinajstić information content (AvgIpc) is 3.00. The van der Waals surface area contributed by atoms with E-state index in [1.165, 1.54) is 0 Å². The number of esters is 2. The summed E-state index contributed by atoms with van der Waals surface area (Å²) in [6.45, 7) is 0.523. The minimum absolute atomic E-state index is 0.0154. The molecule has 0 atom stereocenters. The molecule has 0 aliphatic carbocycles. The Morgan fingerprint density at radius 1 is 0.476 bits per heavy atom. The summed E-state index contributed by atoms with van der Waals surface area (Å²) < 4.78 is 10.5. The summed E-state index contributed by atoms with van der Waals surface area (Å²) in [5.74, 6) is -1.49. The normalized spacial score (nSPS) is 10.6. The molecule has 42 heavy (non-hydrogen) atoms. The van der Waals surface area contributed by atoms with Gasteiger partial charge >= 0.3 is 11.9 Å². The van der Waals surface area contributed by atoms with Gasteiger partial charge in [0.2, 0.25) is 11.8 Å². The smallest absolute Gasteiger partial charge is 0.306 e. The third kappa shape index (κ3) is 9.59. The van der Waals surface area contributed by atoms with Gasteiger partial charge in [-0.1, -0.05) is 84.9 Å². The molecule has 0 saturated carbocycles. The average molecular weight is 567 g/mol. The van der Waals surface area contributed by atoms with E-state index in [1.54, 1.807) is 24.3 Å². The molecule has 8 heteroatoms. The van der Waals surface area contributed by atoms with Crippen LogP contribution in [0.25, 0.3) is 10.8 Å². The number of benzene rings is 4. The molecule has 0 radical (unpaired) electrons. The number of fused-ring (bicyclic) bond motifs is 1. The van der Waals surface area contributed by atoms with Crippen molar-refractivity contribution in [1.82, 2.24) is 0 Å². The molecule has 4 aromatic carbocycles. The predicted molar refractivity (Wildman–Crippen MR) is 162 cm³/mol. The lowest BCUT2D eigenvalue weighted by atomic mass is 10.1. The van der Waals surface area contributed by atoms with Gasteiger partial charge in [0.1, 0.15) is 0 Å². The minimum Gasteiger partial charge on any atom is -0.465 e. The van der Waals surface area contributed by atoms with Crippen molar-refractivity contribution in [3.63, 3.8) is 0 Å². The number of hydrogen-bond donors (Lipinski definition) is 2. The SMILES string of the molecule is O=C(CCC(=O)OCCc1ccccc1)Nc1cccc2c(NC(=O)CCC(=O)OCCc3ccccc3)cccc12. The summed E-state index contributed by atoms with van der Waals surface area (Å²) in [5.41, 5.74) is 3.28. The van der Waals surface area contributed by atoms with E-state index in [0.29, 0.717) is 24.2 Å². The van der Waals surface area contributed by atoms with Crippen LogP contribution in [0.15, 0.2) is 97.1 Å². The number of carbonyl (C=O) groups is 4. The first-order valence-electron chi connectivity index (χ1n) is 14.0. The highest BCUT2D eigenvalue weighted by atomic mass is 16.5. The lowest BCUT2D eigenvalue weighted by Crippen LogP contribution is -2.16. The Kier molecular flexibility index (Phi) is 11.2. The molecule has 0 heterocycles. The highest BCUT2D eigenvalue weighted by molar-refractivity contribution is 6.09. The van der Waals surface area contributed by atoms with Crippen LogP contribution >= 0.6 is 0 Å². The zero-order valence-electron chi connectivity index (χ0n) is 23.3. The third-order valence-electron chi connectivity index (χ3n) is 6.58. The summed E-state index contributed by atoms with van der Waals surface area (Å²) in [7, 11) is 0. The fourth-order valence-electron chi connectivity index (χ4n) is 4.38. The van der Waals surface area contributed by atoms with E-state index in [4.69, 9.17) is 9.47 Å². The largest absolute Gasteiger partial charge is 0.465 e. The molecule has 0 aliphatic heterocycles. The van der Waals surface area contributed by atoms with E-state index in [0.717, 1.165) is 21.9 Å². The fraction of sp³-hybridized carbons (Fsp3) is 0.235. The molecule has 2 amide bonds. The number of anilines is 2. The van der Waals surface area contributed by atoms with Crippen molar-refractivity contribution >= 4 is 45.9 Å². The van der Waals surface area contributed by atoms with E-state index in [2.05, 4.69) is 10.6 Å². The zero-order valence-corrected chi connectivity index (χ0v) is 23.3. The van der Waals surface area contributed by atoms with Gasteiger partial charge in [-0.2, -0.15) is 0 Å². The van der Waals surface area contributed by atoms with Gasteiger partial charge < -0.3 is 20.1 Å². The molecule has 2 N–H and O–H groups in total. The van der Waals surface area contributed by atoms with Gasteiger partial charge in [0, 0.05) is 47.8 Å². The first kappa shape index (κ1) is 30.0. The van der Waals surface area contributed by atoms with Crippen LogP contribution in [0, 0.1) is 0 Å². The van der Waals surface area contributed by atoms with Crippen LogP contribution in [0.3, 0.4) is 0 Å². The first-order valence-corrected chi connectivity index (χ1v) is 14.0. The molecule has 0 aromatic heterocycles. The monoisotopic (exact) mass is 566 g/mol. The van der Waals surface area contributed by atoms with Gasteiger partial charge in [0.25, 0.3) is 0 Å². The van der Waals surface area contributed by atoms with Crippen LogP contribution < -0.4 is 10.6 Å². The number of ether oxygens (including phenoxy) is 2. The predicted octanol–water partition coefficient (Wildman–Crippen LogP) is 5.85. The topological polar surface area (TPSA) is 111 Å². The molecule has 216 valence electrons. The Balaban J connectivity index is 1.22. The van der Waals surface area contributed by atoms with Crippen LogP contribution in [-0.2, 0) is 41.5 Å². The van der Waals surface area contributed by atoms with Gasteiger partial charge in [0.05, 0.1) is 26.1 Å². The van der Waals surface area contributed by atoms with Crippen molar-refractivity contribution in [3.05, 3.63) is 108 Å². The summed E-state index contributed by atoms with van der Waals surface area (Å²) in [5, 5.41) is 7.17. The highest BCUT2D eigenvalue weighted by Gasteiger charge is 2.13. The van der Waals surface area contributed by atoms with Gasteiger partial charge in [-0.05, 0) is 23.3 Å². The van der Waals surface area contributed by atoms with Crippen LogP contribution in [0.2, 0.25) is 0 Å². The molecule has 4 aromatic rings. The Morgan fingerprint density at radius 2 is 0.881 bits per heavy atom. The lowest BCUT2D eigenvalue weighted by molar-refractivity contribution is -0.145. The second-order valence-corrected chi connectivity index (χ2v) is 9.71. The maximum Gasteiger partial charge on any atom is 0.306 e. The first-order chi connectivity index (χ1) is 20.5. The molecule has 0 bridgehead atoms.